The van der Waals surface area contributed by atoms with Crippen molar-refractivity contribution in [2.75, 3.05) is 13.6 Å². The van der Waals surface area contributed by atoms with Crippen LogP contribution in [0.3, 0.4) is 0 Å². The number of likely N-dealkylation sites (N-methyl/N-ethyl adjacent to an activating group) is 1. The molecule has 1 aliphatic heterocycles. The quantitative estimate of drug-likeness (QED) is 0.641. The lowest BCUT2D eigenvalue weighted by molar-refractivity contribution is 0.00361. The Morgan fingerprint density at radius 3 is 2.73 bits per heavy atom. The highest BCUT2D eigenvalue weighted by atomic mass is 15.2. The molecule has 1 nitrogen and oxygen atoms in total. The van der Waals surface area contributed by atoms with E-state index in [9.17, 15) is 0 Å². The zero-order valence-electron chi connectivity index (χ0n) is 14.7. The van der Waals surface area contributed by atoms with Crippen molar-refractivity contribution < 1.29 is 0 Å². The van der Waals surface area contributed by atoms with Crippen LogP contribution in [-0.4, -0.2) is 24.5 Å². The van der Waals surface area contributed by atoms with Crippen LogP contribution >= 0.6 is 0 Å². The molecule has 22 heavy (non-hydrogen) atoms. The summed E-state index contributed by atoms with van der Waals surface area (Å²) in [5, 5.41) is 0. The van der Waals surface area contributed by atoms with Gasteiger partial charge >= 0.3 is 0 Å². The maximum absolute atomic E-state index is 2.64. The van der Waals surface area contributed by atoms with Gasteiger partial charge in [-0.1, -0.05) is 30.7 Å². The molecule has 0 amide bonds. The molecule has 1 aromatic rings. The third kappa shape index (κ3) is 1.64. The minimum atomic E-state index is 0.389. The van der Waals surface area contributed by atoms with Crippen LogP contribution in [0.5, 0.6) is 0 Å². The molecule has 118 valence electrons. The molecule has 0 saturated carbocycles. The summed E-state index contributed by atoms with van der Waals surface area (Å²) in [6, 6.07) is 5.51. The number of piperidine rings is 1. The molecule has 1 saturated heterocycles. The van der Waals surface area contributed by atoms with Crippen LogP contribution in [0.4, 0.5) is 0 Å². The summed E-state index contributed by atoms with van der Waals surface area (Å²) in [6.45, 7) is 10.8. The number of fused-ring (bicyclic) bond motifs is 1. The minimum Gasteiger partial charge on any atom is -0.303 e. The van der Waals surface area contributed by atoms with E-state index < -0.39 is 0 Å². The van der Waals surface area contributed by atoms with Gasteiger partial charge in [-0.2, -0.15) is 0 Å². The highest BCUT2D eigenvalue weighted by Gasteiger charge is 2.56. The average Bonchev–Trinajstić information content (AvgIpc) is 2.50. The van der Waals surface area contributed by atoms with Crippen molar-refractivity contribution in [3.63, 3.8) is 0 Å². The van der Waals surface area contributed by atoms with E-state index in [2.05, 4.69) is 57.9 Å². The topological polar surface area (TPSA) is 3.24 Å². The Morgan fingerprint density at radius 1 is 1.18 bits per heavy atom. The smallest absolute Gasteiger partial charge is 0.0173 e. The molecule has 1 aromatic carbocycles. The van der Waals surface area contributed by atoms with E-state index in [1.165, 1.54) is 31.4 Å². The molecule has 0 radical (unpaired) electrons. The van der Waals surface area contributed by atoms with E-state index >= 15 is 0 Å². The van der Waals surface area contributed by atoms with Gasteiger partial charge in [0.2, 0.25) is 0 Å². The molecule has 3 aliphatic rings. The highest BCUT2D eigenvalue weighted by Crippen LogP contribution is 2.58. The molecule has 0 aromatic heterocycles. The Morgan fingerprint density at radius 2 is 1.95 bits per heavy atom. The largest absolute Gasteiger partial charge is 0.303 e. The van der Waals surface area contributed by atoms with Crippen LogP contribution in [0.2, 0.25) is 0 Å². The van der Waals surface area contributed by atoms with Gasteiger partial charge in [-0.25, -0.2) is 0 Å². The average molecular weight is 295 g/mol. The fourth-order valence-corrected chi connectivity index (χ4v) is 5.90. The minimum absolute atomic E-state index is 0.389. The Balaban J connectivity index is 2.02. The Kier molecular flexibility index (Phi) is 3.10. The van der Waals surface area contributed by atoms with Crippen LogP contribution in [-0.2, 0) is 11.8 Å². The Bertz CT molecular complexity index is 656. The van der Waals surface area contributed by atoms with Gasteiger partial charge < -0.3 is 4.90 Å². The van der Waals surface area contributed by atoms with Gasteiger partial charge in [-0.3, -0.25) is 0 Å². The number of hydrogen-bond acceptors (Lipinski definition) is 1. The predicted octanol–water partition coefficient (Wildman–Crippen LogP) is 4.40. The number of nitrogens with zero attached hydrogens (tertiary/aromatic N) is 1. The molecule has 2 aliphatic carbocycles. The molecule has 4 rings (SSSR count). The molecule has 0 spiro atoms. The van der Waals surface area contributed by atoms with Gasteiger partial charge in [0.25, 0.3) is 0 Å². The molecule has 1 heteroatoms. The number of allylic oxidation sites excluding steroid dienone is 2. The number of likely N-dealkylation sites (tertiary alicyclic amines) is 1. The summed E-state index contributed by atoms with van der Waals surface area (Å²) in [6.07, 6.45) is 6.39. The third-order valence-electron chi connectivity index (χ3n) is 7.44. The van der Waals surface area contributed by atoms with Crippen molar-refractivity contribution in [3.8, 4) is 0 Å². The summed E-state index contributed by atoms with van der Waals surface area (Å²) < 4.78 is 0. The zero-order valence-corrected chi connectivity index (χ0v) is 14.7. The second-order valence-corrected chi connectivity index (χ2v) is 8.10. The van der Waals surface area contributed by atoms with Crippen LogP contribution in [0.25, 0.3) is 0 Å². The van der Waals surface area contributed by atoms with E-state index in [1.807, 2.05) is 0 Å². The van der Waals surface area contributed by atoms with E-state index in [4.69, 9.17) is 0 Å². The number of hydrogen-bond donors (Lipinski definition) is 0. The van der Waals surface area contributed by atoms with Crippen molar-refractivity contribution in [1.82, 2.24) is 4.90 Å². The highest BCUT2D eigenvalue weighted by molar-refractivity contribution is 5.51. The number of benzene rings is 1. The molecular formula is C21H29N. The summed E-state index contributed by atoms with van der Waals surface area (Å²) in [5.74, 6) is 1.49. The Hall–Kier alpha value is -1.08. The fraction of sp³-hybridized carbons (Fsp3) is 0.619. The van der Waals surface area contributed by atoms with Gasteiger partial charge in [0.15, 0.2) is 0 Å². The second kappa shape index (κ2) is 4.71. The number of rotatable bonds is 0. The lowest BCUT2D eigenvalue weighted by atomic mass is 9.48. The first-order chi connectivity index (χ1) is 10.5. The van der Waals surface area contributed by atoms with Crippen LogP contribution in [0, 0.1) is 25.7 Å². The van der Waals surface area contributed by atoms with Gasteiger partial charge in [-0.15, -0.1) is 0 Å². The second-order valence-electron chi connectivity index (χ2n) is 8.10. The molecule has 0 N–H and O–H groups in total. The summed E-state index contributed by atoms with van der Waals surface area (Å²) in [5.41, 5.74) is 8.43. The fourth-order valence-electron chi connectivity index (χ4n) is 5.90. The van der Waals surface area contributed by atoms with Crippen molar-refractivity contribution >= 4 is 0 Å². The van der Waals surface area contributed by atoms with Crippen molar-refractivity contribution in [2.45, 2.75) is 58.4 Å². The predicted molar refractivity (Wildman–Crippen MR) is 93.4 cm³/mol. The van der Waals surface area contributed by atoms with E-state index in [0.717, 1.165) is 12.0 Å². The Labute approximate surface area is 135 Å². The van der Waals surface area contributed by atoms with Crippen molar-refractivity contribution in [1.29, 1.82) is 0 Å². The zero-order chi connectivity index (χ0) is 15.6. The van der Waals surface area contributed by atoms with E-state index in [1.54, 1.807) is 22.3 Å². The summed E-state index contributed by atoms with van der Waals surface area (Å²) >= 11 is 0. The molecule has 4 atom stereocenters. The maximum atomic E-state index is 2.64. The monoisotopic (exact) mass is 295 g/mol. The van der Waals surface area contributed by atoms with Crippen molar-refractivity contribution in [2.24, 2.45) is 11.8 Å². The van der Waals surface area contributed by atoms with Gasteiger partial charge in [0, 0.05) is 11.5 Å². The maximum Gasteiger partial charge on any atom is 0.0173 e. The van der Waals surface area contributed by atoms with Crippen molar-refractivity contribution in [3.05, 3.63) is 46.0 Å². The molecule has 2 bridgehead atoms. The SMILES string of the molecule is CC1=CCC2C3Cc4ccc(C)c(C)c4C2(CCN3C)C1C. The standard InChI is InChI=1S/C21H29N/c1-13-6-8-17-12-19-18-9-7-14(2)16(4)21(18,10-11-22(19)5)20(17)15(13)3/h6-8,16,18-19H,9-12H2,1-5H3. The lowest BCUT2D eigenvalue weighted by Crippen LogP contribution is -2.62. The normalized spacial score (nSPS) is 37.3. The first-order valence-corrected chi connectivity index (χ1v) is 8.93. The summed E-state index contributed by atoms with van der Waals surface area (Å²) in [4.78, 5) is 2.64. The third-order valence-corrected chi connectivity index (χ3v) is 7.44. The van der Waals surface area contributed by atoms with Gasteiger partial charge in [-0.05, 0) is 87.7 Å². The first-order valence-electron chi connectivity index (χ1n) is 8.93. The van der Waals surface area contributed by atoms with Crippen LogP contribution in [0.15, 0.2) is 23.8 Å². The van der Waals surface area contributed by atoms with Gasteiger partial charge in [0.05, 0.1) is 0 Å². The van der Waals surface area contributed by atoms with Gasteiger partial charge in [0.1, 0.15) is 0 Å². The van der Waals surface area contributed by atoms with E-state index in [0.29, 0.717) is 11.3 Å². The number of aryl methyl sites for hydroxylation is 1. The molecule has 1 fully saturated rings. The molecule has 4 unspecified atom stereocenters. The van der Waals surface area contributed by atoms with E-state index in [-0.39, 0.29) is 0 Å². The van der Waals surface area contributed by atoms with Crippen LogP contribution < -0.4 is 0 Å². The summed E-state index contributed by atoms with van der Waals surface area (Å²) in [7, 11) is 2.34. The molecular weight excluding hydrogens is 266 g/mol. The first kappa shape index (κ1) is 14.5. The van der Waals surface area contributed by atoms with Crippen LogP contribution in [0.1, 0.15) is 48.9 Å². The lowest BCUT2D eigenvalue weighted by Gasteiger charge is -2.61. The molecule has 1 heterocycles.